The van der Waals surface area contributed by atoms with Crippen molar-refractivity contribution in [2.75, 3.05) is 35.6 Å². The summed E-state index contributed by atoms with van der Waals surface area (Å²) in [7, 11) is 0. The second-order valence-electron chi connectivity index (χ2n) is 5.53. The molecule has 132 valence electrons. The number of aliphatic hydroxyl groups is 1. The molecule has 0 saturated carbocycles. The van der Waals surface area contributed by atoms with Gasteiger partial charge >= 0.3 is 0 Å². The Kier molecular flexibility index (Phi) is 4.85. The first-order chi connectivity index (χ1) is 12.1. The molecule has 1 aromatic carbocycles. The fraction of sp³-hybridized carbons (Fsp3) is 0.312. The summed E-state index contributed by atoms with van der Waals surface area (Å²) in [4.78, 5) is 19.8. The van der Waals surface area contributed by atoms with Crippen LogP contribution in [0.4, 0.5) is 23.1 Å². The molecular weight excluding hydrogens is 324 g/mol. The van der Waals surface area contributed by atoms with Crippen molar-refractivity contribution in [3.05, 3.63) is 30.0 Å². The smallest absolute Gasteiger partial charge is 0.254 e. The molecule has 0 unspecified atom stereocenters. The lowest BCUT2D eigenvalue weighted by Crippen LogP contribution is -2.23. The number of primary amides is 1. The number of aromatic nitrogens is 2. The number of rotatable bonds is 5. The third-order valence-corrected chi connectivity index (χ3v) is 3.59. The third-order valence-electron chi connectivity index (χ3n) is 3.59. The van der Waals surface area contributed by atoms with Crippen LogP contribution in [0.3, 0.4) is 0 Å². The summed E-state index contributed by atoms with van der Waals surface area (Å²) in [5, 5.41) is 18.9. The van der Waals surface area contributed by atoms with Gasteiger partial charge in [-0.2, -0.15) is 4.98 Å². The van der Waals surface area contributed by atoms with Gasteiger partial charge in [-0.25, -0.2) is 4.98 Å². The Morgan fingerprint density at radius 1 is 1.52 bits per heavy atom. The normalized spacial score (nSPS) is 16.0. The molecule has 0 radical (unpaired) electrons. The number of anilines is 4. The Bertz CT molecular complexity index is 782. The van der Waals surface area contributed by atoms with Gasteiger partial charge < -0.3 is 31.5 Å². The number of amides is 1. The molecule has 9 heteroatoms. The van der Waals surface area contributed by atoms with Gasteiger partial charge in [0.05, 0.1) is 11.3 Å². The first-order valence-corrected chi connectivity index (χ1v) is 7.93. The van der Waals surface area contributed by atoms with Gasteiger partial charge in [0.25, 0.3) is 5.91 Å². The lowest BCUT2D eigenvalue weighted by molar-refractivity contribution is 0.100. The number of nitrogens with zero attached hydrogens (tertiary/aromatic N) is 2. The standard InChI is InChI=1S/C16H20N6O3/c1-2-18-15-11(14(17)24)7-20-16(22-15)21-9-3-4-13-12(5-9)19-6-10(23)8-25-13/h3-5,7,10,19,23H,2,6,8H2,1H3,(H2,17,24)(H2,18,20,21,22)/t10-/m0/s1. The van der Waals surface area contributed by atoms with E-state index in [0.717, 1.165) is 11.4 Å². The summed E-state index contributed by atoms with van der Waals surface area (Å²) in [6.07, 6.45) is 0.827. The van der Waals surface area contributed by atoms with Crippen molar-refractivity contribution >= 4 is 29.0 Å². The highest BCUT2D eigenvalue weighted by atomic mass is 16.5. The van der Waals surface area contributed by atoms with Crippen molar-refractivity contribution in [3.63, 3.8) is 0 Å². The van der Waals surface area contributed by atoms with Gasteiger partial charge in [-0.15, -0.1) is 0 Å². The maximum absolute atomic E-state index is 11.4. The predicted octanol–water partition coefficient (Wildman–Crippen LogP) is 0.916. The molecule has 9 nitrogen and oxygen atoms in total. The van der Waals surface area contributed by atoms with Crippen molar-refractivity contribution in [1.82, 2.24) is 9.97 Å². The number of hydrogen-bond donors (Lipinski definition) is 5. The van der Waals surface area contributed by atoms with E-state index in [0.29, 0.717) is 30.6 Å². The third kappa shape index (κ3) is 3.89. The van der Waals surface area contributed by atoms with E-state index in [1.807, 2.05) is 19.1 Å². The summed E-state index contributed by atoms with van der Waals surface area (Å²) < 4.78 is 5.53. The van der Waals surface area contributed by atoms with Gasteiger partial charge in [-0.05, 0) is 25.1 Å². The number of carbonyl (C=O) groups is 1. The van der Waals surface area contributed by atoms with E-state index in [-0.39, 0.29) is 12.2 Å². The minimum absolute atomic E-state index is 0.235. The van der Waals surface area contributed by atoms with Crippen LogP contribution in [0.15, 0.2) is 24.4 Å². The van der Waals surface area contributed by atoms with Crippen molar-refractivity contribution in [1.29, 1.82) is 0 Å². The van der Waals surface area contributed by atoms with Gasteiger partial charge in [0.1, 0.15) is 24.3 Å². The molecular formula is C16H20N6O3. The zero-order valence-corrected chi connectivity index (χ0v) is 13.7. The highest BCUT2D eigenvalue weighted by Crippen LogP contribution is 2.30. The molecule has 3 rings (SSSR count). The molecule has 1 atom stereocenters. The van der Waals surface area contributed by atoms with Crippen LogP contribution in [0.25, 0.3) is 0 Å². The van der Waals surface area contributed by atoms with Gasteiger partial charge in [0, 0.05) is 25.0 Å². The SMILES string of the molecule is CCNc1nc(Nc2ccc3c(c2)NC[C@H](O)CO3)ncc1C(N)=O. The molecule has 1 aromatic heterocycles. The first-order valence-electron chi connectivity index (χ1n) is 7.93. The van der Waals surface area contributed by atoms with Crippen molar-refractivity contribution in [2.45, 2.75) is 13.0 Å². The molecule has 2 heterocycles. The Labute approximate surface area is 144 Å². The van der Waals surface area contributed by atoms with Crippen LogP contribution in [-0.2, 0) is 0 Å². The molecule has 0 saturated heterocycles. The predicted molar refractivity (Wildman–Crippen MR) is 94.4 cm³/mol. The van der Waals surface area contributed by atoms with Gasteiger partial charge in [0.2, 0.25) is 5.95 Å². The average Bonchev–Trinajstić information content (AvgIpc) is 2.77. The van der Waals surface area contributed by atoms with E-state index in [2.05, 4.69) is 25.9 Å². The molecule has 0 aliphatic carbocycles. The summed E-state index contributed by atoms with van der Waals surface area (Å²) in [6.45, 7) is 3.15. The first kappa shape index (κ1) is 16.8. The number of nitrogens with one attached hydrogen (secondary N) is 3. The lowest BCUT2D eigenvalue weighted by Gasteiger charge is -2.12. The topological polar surface area (TPSA) is 134 Å². The van der Waals surface area contributed by atoms with E-state index in [4.69, 9.17) is 10.5 Å². The quantitative estimate of drug-likeness (QED) is 0.540. The Morgan fingerprint density at radius 2 is 2.36 bits per heavy atom. The number of hydrogen-bond acceptors (Lipinski definition) is 8. The second kappa shape index (κ2) is 7.22. The number of carbonyl (C=O) groups excluding carboxylic acids is 1. The number of β-amino-alcohol motifs (C(OH)–C–C–N with tert-alkyl or cyclic N) is 1. The van der Waals surface area contributed by atoms with Crippen LogP contribution in [0.1, 0.15) is 17.3 Å². The van der Waals surface area contributed by atoms with E-state index >= 15 is 0 Å². The van der Waals surface area contributed by atoms with Crippen molar-refractivity contribution in [2.24, 2.45) is 5.73 Å². The number of nitrogens with two attached hydrogens (primary N) is 1. The number of benzene rings is 1. The molecule has 1 aliphatic heterocycles. The van der Waals surface area contributed by atoms with E-state index in [1.54, 1.807) is 6.07 Å². The van der Waals surface area contributed by atoms with Crippen LogP contribution < -0.4 is 26.4 Å². The Balaban J connectivity index is 1.83. The zero-order valence-electron chi connectivity index (χ0n) is 13.7. The average molecular weight is 344 g/mol. The zero-order chi connectivity index (χ0) is 17.8. The fourth-order valence-corrected chi connectivity index (χ4v) is 2.40. The minimum atomic E-state index is -0.590. The summed E-state index contributed by atoms with van der Waals surface area (Å²) >= 11 is 0. The van der Waals surface area contributed by atoms with Crippen molar-refractivity contribution in [3.8, 4) is 5.75 Å². The molecule has 0 bridgehead atoms. The molecule has 25 heavy (non-hydrogen) atoms. The second-order valence-corrected chi connectivity index (χ2v) is 5.53. The number of fused-ring (bicyclic) bond motifs is 1. The van der Waals surface area contributed by atoms with E-state index < -0.39 is 12.0 Å². The summed E-state index contributed by atoms with van der Waals surface area (Å²) in [6, 6.07) is 5.45. The summed E-state index contributed by atoms with van der Waals surface area (Å²) in [5.41, 5.74) is 7.06. The highest BCUT2D eigenvalue weighted by Gasteiger charge is 2.15. The molecule has 0 fully saturated rings. The van der Waals surface area contributed by atoms with Gasteiger partial charge in [-0.3, -0.25) is 4.79 Å². The molecule has 6 N–H and O–H groups in total. The van der Waals surface area contributed by atoms with Crippen LogP contribution in [0.5, 0.6) is 5.75 Å². The Hall–Kier alpha value is -3.07. The van der Waals surface area contributed by atoms with Gasteiger partial charge in [0.15, 0.2) is 0 Å². The monoisotopic (exact) mass is 344 g/mol. The summed E-state index contributed by atoms with van der Waals surface area (Å²) in [5.74, 6) is 0.787. The lowest BCUT2D eigenvalue weighted by atomic mass is 10.2. The number of ether oxygens (including phenoxy) is 1. The molecule has 0 spiro atoms. The maximum Gasteiger partial charge on any atom is 0.254 e. The largest absolute Gasteiger partial charge is 0.489 e. The van der Waals surface area contributed by atoms with Crippen LogP contribution in [0.2, 0.25) is 0 Å². The maximum atomic E-state index is 11.4. The minimum Gasteiger partial charge on any atom is -0.489 e. The van der Waals surface area contributed by atoms with Crippen LogP contribution in [0, 0.1) is 0 Å². The fourth-order valence-electron chi connectivity index (χ4n) is 2.40. The molecule has 1 amide bonds. The van der Waals surface area contributed by atoms with Crippen LogP contribution in [-0.4, -0.2) is 46.8 Å². The van der Waals surface area contributed by atoms with Crippen LogP contribution >= 0.6 is 0 Å². The van der Waals surface area contributed by atoms with E-state index in [1.165, 1.54) is 6.20 Å². The highest BCUT2D eigenvalue weighted by molar-refractivity contribution is 5.97. The molecule has 2 aromatic rings. The van der Waals surface area contributed by atoms with Crippen molar-refractivity contribution < 1.29 is 14.6 Å². The Morgan fingerprint density at radius 3 is 3.12 bits per heavy atom. The number of aliphatic hydroxyl groups excluding tert-OH is 1. The van der Waals surface area contributed by atoms with E-state index in [9.17, 15) is 9.90 Å². The van der Waals surface area contributed by atoms with Gasteiger partial charge in [-0.1, -0.05) is 0 Å². The molecule has 1 aliphatic rings.